The van der Waals surface area contributed by atoms with Gasteiger partial charge in [0.15, 0.2) is 6.10 Å². The smallest absolute Gasteiger partial charge is 0.267 e. The molecule has 0 saturated heterocycles. The third kappa shape index (κ3) is 3.82. The number of fused-ring (bicyclic) bond motifs is 1. The maximum atomic E-state index is 12.1. The number of benzene rings is 2. The van der Waals surface area contributed by atoms with Gasteiger partial charge in [-0.3, -0.25) is 9.59 Å². The Kier molecular flexibility index (Phi) is 4.74. The lowest BCUT2D eigenvalue weighted by molar-refractivity contribution is -0.125. The van der Waals surface area contributed by atoms with Crippen LogP contribution in [-0.4, -0.2) is 25.0 Å². The molecule has 2 aromatic carbocycles. The van der Waals surface area contributed by atoms with Crippen LogP contribution in [-0.2, 0) is 22.6 Å². The predicted octanol–water partition coefficient (Wildman–Crippen LogP) is 2.60. The van der Waals surface area contributed by atoms with Gasteiger partial charge in [-0.05, 0) is 37.1 Å². The monoisotopic (exact) mass is 338 g/mol. The van der Waals surface area contributed by atoms with Crippen LogP contribution in [0.15, 0.2) is 42.5 Å². The largest absolute Gasteiger partial charge is 0.479 e. The minimum Gasteiger partial charge on any atom is -0.479 e. The van der Waals surface area contributed by atoms with Crippen LogP contribution in [0.2, 0.25) is 0 Å². The number of rotatable bonds is 4. The van der Waals surface area contributed by atoms with Crippen LogP contribution in [0.5, 0.6) is 5.75 Å². The maximum absolute atomic E-state index is 12.1. The second-order valence-corrected chi connectivity index (χ2v) is 6.40. The molecule has 0 aliphatic carbocycles. The Balaban J connectivity index is 1.64. The summed E-state index contributed by atoms with van der Waals surface area (Å²) in [5.41, 5.74) is 3.79. The Morgan fingerprint density at radius 3 is 2.76 bits per heavy atom. The lowest BCUT2D eigenvalue weighted by Gasteiger charge is -2.30. The molecule has 130 valence electrons. The molecular weight excluding hydrogens is 316 g/mol. The molecule has 1 aliphatic heterocycles. The zero-order valence-corrected chi connectivity index (χ0v) is 14.7. The Bertz CT molecular complexity index is 816. The van der Waals surface area contributed by atoms with Gasteiger partial charge in [0.2, 0.25) is 5.91 Å². The fourth-order valence-electron chi connectivity index (χ4n) is 2.94. The number of hydrogen-bond donors (Lipinski definition) is 1. The molecule has 1 aliphatic rings. The summed E-state index contributed by atoms with van der Waals surface area (Å²) in [6.07, 6.45) is -0.122. The number of carbonyl (C=O) groups is 2. The van der Waals surface area contributed by atoms with Crippen molar-refractivity contribution < 1.29 is 14.3 Å². The molecule has 5 nitrogen and oxygen atoms in total. The van der Waals surface area contributed by atoms with E-state index >= 15 is 0 Å². The topological polar surface area (TPSA) is 58.6 Å². The van der Waals surface area contributed by atoms with Crippen molar-refractivity contribution in [2.24, 2.45) is 0 Å². The molecule has 0 bridgehead atoms. The average Bonchev–Trinajstić information content (AvgIpc) is 2.58. The molecule has 2 aromatic rings. The van der Waals surface area contributed by atoms with Gasteiger partial charge < -0.3 is 15.0 Å². The van der Waals surface area contributed by atoms with Crippen LogP contribution in [0.3, 0.4) is 0 Å². The van der Waals surface area contributed by atoms with E-state index in [1.807, 2.05) is 49.4 Å². The number of aryl methyl sites for hydroxylation is 1. The number of nitrogens with one attached hydrogen (secondary N) is 1. The SMILES string of the molecule is Cc1cccc(CC(=O)NCc2ccc3c(c2)N(C)C(=O)C(C)O3)c1. The van der Waals surface area contributed by atoms with Crippen LogP contribution in [0.1, 0.15) is 23.6 Å². The highest BCUT2D eigenvalue weighted by molar-refractivity contribution is 5.99. The van der Waals surface area contributed by atoms with E-state index in [-0.39, 0.29) is 11.8 Å². The Morgan fingerprint density at radius 1 is 1.20 bits per heavy atom. The van der Waals surface area contributed by atoms with E-state index in [4.69, 9.17) is 4.74 Å². The molecular formula is C20H22N2O3. The van der Waals surface area contributed by atoms with E-state index in [2.05, 4.69) is 5.32 Å². The molecule has 1 unspecified atom stereocenters. The van der Waals surface area contributed by atoms with Crippen LogP contribution < -0.4 is 15.0 Å². The zero-order chi connectivity index (χ0) is 18.0. The number of ether oxygens (including phenoxy) is 1. The quantitative estimate of drug-likeness (QED) is 0.932. The molecule has 1 heterocycles. The van der Waals surface area contributed by atoms with Crippen molar-refractivity contribution in [2.75, 3.05) is 11.9 Å². The van der Waals surface area contributed by atoms with Crippen molar-refractivity contribution in [3.05, 3.63) is 59.2 Å². The second-order valence-electron chi connectivity index (χ2n) is 6.40. The van der Waals surface area contributed by atoms with Gasteiger partial charge in [0.05, 0.1) is 12.1 Å². The number of amides is 2. The standard InChI is InChI=1S/C20H22N2O3/c1-13-5-4-6-15(9-13)11-19(23)21-12-16-7-8-18-17(10-16)22(3)20(24)14(2)25-18/h4-10,14H,11-12H2,1-3H3,(H,21,23). The average molecular weight is 338 g/mol. The lowest BCUT2D eigenvalue weighted by atomic mass is 10.1. The van der Waals surface area contributed by atoms with Gasteiger partial charge in [0.1, 0.15) is 5.75 Å². The van der Waals surface area contributed by atoms with Crippen molar-refractivity contribution in [3.63, 3.8) is 0 Å². The van der Waals surface area contributed by atoms with Crippen molar-refractivity contribution >= 4 is 17.5 Å². The van der Waals surface area contributed by atoms with Crippen LogP contribution in [0.25, 0.3) is 0 Å². The molecule has 1 N–H and O–H groups in total. The molecule has 3 rings (SSSR count). The minimum absolute atomic E-state index is 0.0300. The van der Waals surface area contributed by atoms with Crippen molar-refractivity contribution in [1.29, 1.82) is 0 Å². The Labute approximate surface area is 147 Å². The van der Waals surface area contributed by atoms with E-state index in [1.54, 1.807) is 18.9 Å². The van der Waals surface area contributed by atoms with Gasteiger partial charge in [-0.25, -0.2) is 0 Å². The van der Waals surface area contributed by atoms with Gasteiger partial charge >= 0.3 is 0 Å². The summed E-state index contributed by atoms with van der Waals surface area (Å²) >= 11 is 0. The molecule has 5 heteroatoms. The van der Waals surface area contributed by atoms with Crippen molar-refractivity contribution in [3.8, 4) is 5.75 Å². The summed E-state index contributed by atoms with van der Waals surface area (Å²) in [4.78, 5) is 25.8. The molecule has 0 aromatic heterocycles. The van der Waals surface area contributed by atoms with E-state index < -0.39 is 6.10 Å². The number of carbonyl (C=O) groups excluding carboxylic acids is 2. The molecule has 0 fully saturated rings. The molecule has 0 radical (unpaired) electrons. The van der Waals surface area contributed by atoms with E-state index in [0.29, 0.717) is 18.7 Å². The number of hydrogen-bond acceptors (Lipinski definition) is 3. The zero-order valence-electron chi connectivity index (χ0n) is 14.7. The summed E-state index contributed by atoms with van der Waals surface area (Å²) in [6, 6.07) is 13.6. The fraction of sp³-hybridized carbons (Fsp3) is 0.300. The first kappa shape index (κ1) is 17.0. The summed E-state index contributed by atoms with van der Waals surface area (Å²) in [6.45, 7) is 4.16. The third-order valence-corrected chi connectivity index (χ3v) is 4.30. The van der Waals surface area contributed by atoms with Crippen molar-refractivity contribution in [1.82, 2.24) is 5.32 Å². The first-order chi connectivity index (χ1) is 11.9. The molecule has 2 amide bonds. The van der Waals surface area contributed by atoms with E-state index in [1.165, 1.54) is 0 Å². The van der Waals surface area contributed by atoms with Gasteiger partial charge in [-0.15, -0.1) is 0 Å². The number of likely N-dealkylation sites (N-methyl/N-ethyl adjacent to an activating group) is 1. The highest BCUT2D eigenvalue weighted by Crippen LogP contribution is 2.33. The van der Waals surface area contributed by atoms with Gasteiger partial charge in [0.25, 0.3) is 5.91 Å². The van der Waals surface area contributed by atoms with Gasteiger partial charge in [0, 0.05) is 13.6 Å². The first-order valence-electron chi connectivity index (χ1n) is 8.33. The van der Waals surface area contributed by atoms with Crippen LogP contribution >= 0.6 is 0 Å². The summed E-state index contributed by atoms with van der Waals surface area (Å²) in [5, 5.41) is 2.93. The molecule has 0 spiro atoms. The fourth-order valence-corrected chi connectivity index (χ4v) is 2.94. The van der Waals surface area contributed by atoms with Gasteiger partial charge in [-0.2, -0.15) is 0 Å². The summed E-state index contributed by atoms with van der Waals surface area (Å²) in [7, 11) is 1.74. The summed E-state index contributed by atoms with van der Waals surface area (Å²) < 4.78 is 5.61. The molecule has 1 atom stereocenters. The van der Waals surface area contributed by atoms with E-state index in [0.717, 1.165) is 22.4 Å². The second kappa shape index (κ2) is 6.97. The third-order valence-electron chi connectivity index (χ3n) is 4.30. The van der Waals surface area contributed by atoms with Crippen LogP contribution in [0.4, 0.5) is 5.69 Å². The molecule has 25 heavy (non-hydrogen) atoms. The van der Waals surface area contributed by atoms with E-state index in [9.17, 15) is 9.59 Å². The van der Waals surface area contributed by atoms with Crippen LogP contribution in [0, 0.1) is 6.92 Å². The number of nitrogens with zero attached hydrogens (tertiary/aromatic N) is 1. The Morgan fingerprint density at radius 2 is 2.00 bits per heavy atom. The lowest BCUT2D eigenvalue weighted by Crippen LogP contribution is -2.42. The highest BCUT2D eigenvalue weighted by atomic mass is 16.5. The molecule has 0 saturated carbocycles. The first-order valence-corrected chi connectivity index (χ1v) is 8.33. The predicted molar refractivity (Wildman–Crippen MR) is 96.7 cm³/mol. The summed E-state index contributed by atoms with van der Waals surface area (Å²) in [5.74, 6) is 0.579. The minimum atomic E-state index is -0.475. The van der Waals surface area contributed by atoms with Gasteiger partial charge in [-0.1, -0.05) is 35.9 Å². The number of anilines is 1. The highest BCUT2D eigenvalue weighted by Gasteiger charge is 2.28. The normalized spacial score (nSPS) is 16.2. The Hall–Kier alpha value is -2.82. The van der Waals surface area contributed by atoms with Crippen molar-refractivity contribution in [2.45, 2.75) is 32.9 Å². The maximum Gasteiger partial charge on any atom is 0.267 e.